The van der Waals surface area contributed by atoms with Crippen LogP contribution in [-0.4, -0.2) is 16.9 Å². The zero-order valence-corrected chi connectivity index (χ0v) is 17.5. The molecule has 5 nitrogen and oxygen atoms in total. The summed E-state index contributed by atoms with van der Waals surface area (Å²) < 4.78 is 13.3. The Bertz CT molecular complexity index is 922. The molecule has 28 heavy (non-hydrogen) atoms. The molecule has 3 rings (SSSR count). The highest BCUT2D eigenvalue weighted by Gasteiger charge is 2.12. The number of methoxy groups -OCH3 is 1. The monoisotopic (exact) mass is 399 g/mol. The molecule has 0 radical (unpaired) electrons. The first-order valence-corrected chi connectivity index (χ1v) is 9.61. The summed E-state index contributed by atoms with van der Waals surface area (Å²) in [6, 6.07) is 13.8. The van der Waals surface area contributed by atoms with Gasteiger partial charge in [0.2, 0.25) is 0 Å². The van der Waals surface area contributed by atoms with E-state index in [1.807, 2.05) is 55.1 Å². The van der Waals surface area contributed by atoms with Gasteiger partial charge in [-0.15, -0.1) is 0 Å². The van der Waals surface area contributed by atoms with Crippen molar-refractivity contribution in [3.05, 3.63) is 76.1 Å². The fourth-order valence-corrected chi connectivity index (χ4v) is 3.23. The van der Waals surface area contributed by atoms with Gasteiger partial charge in [0, 0.05) is 36.4 Å². The van der Waals surface area contributed by atoms with Crippen molar-refractivity contribution in [2.45, 2.75) is 33.0 Å². The van der Waals surface area contributed by atoms with Gasteiger partial charge in [-0.3, -0.25) is 4.68 Å². The predicted octanol–water partition coefficient (Wildman–Crippen LogP) is 4.82. The average molecular weight is 400 g/mol. The number of hydrogen-bond donors (Lipinski definition) is 1. The van der Waals surface area contributed by atoms with Crippen molar-refractivity contribution in [3.63, 3.8) is 0 Å². The van der Waals surface area contributed by atoms with E-state index in [4.69, 9.17) is 21.1 Å². The third-order valence-corrected chi connectivity index (χ3v) is 4.92. The Labute approximate surface area is 171 Å². The molecular formula is C22H26ClN3O2. The van der Waals surface area contributed by atoms with Crippen LogP contribution in [-0.2, 0) is 20.2 Å². The average Bonchev–Trinajstić information content (AvgIpc) is 3.04. The Morgan fingerprint density at radius 3 is 2.46 bits per heavy atom. The van der Waals surface area contributed by atoms with Gasteiger partial charge in [0.25, 0.3) is 0 Å². The molecule has 2 aromatic carbocycles. The van der Waals surface area contributed by atoms with Gasteiger partial charge in [0.15, 0.2) is 11.5 Å². The number of halogens is 1. The molecule has 0 spiro atoms. The summed E-state index contributed by atoms with van der Waals surface area (Å²) in [5, 5.41) is 8.67. The number of aromatic nitrogens is 2. The number of aryl methyl sites for hydroxylation is 2. The van der Waals surface area contributed by atoms with Crippen LogP contribution in [0.3, 0.4) is 0 Å². The lowest BCUT2D eigenvalue weighted by Gasteiger charge is -2.15. The summed E-state index contributed by atoms with van der Waals surface area (Å²) in [6.45, 7) is 5.36. The number of hydrogen-bond acceptors (Lipinski definition) is 4. The Kier molecular flexibility index (Phi) is 6.60. The van der Waals surface area contributed by atoms with Crippen LogP contribution in [0.25, 0.3) is 0 Å². The van der Waals surface area contributed by atoms with Crippen LogP contribution in [0.4, 0.5) is 0 Å². The van der Waals surface area contributed by atoms with Gasteiger partial charge in [-0.25, -0.2) is 0 Å². The van der Waals surface area contributed by atoms with Crippen molar-refractivity contribution in [2.75, 3.05) is 7.11 Å². The van der Waals surface area contributed by atoms with Crippen LogP contribution in [0.15, 0.2) is 48.7 Å². The molecule has 0 aliphatic carbocycles. The molecule has 1 N–H and O–H groups in total. The molecule has 0 bridgehead atoms. The maximum absolute atomic E-state index is 5.92. The largest absolute Gasteiger partial charge is 0.493 e. The fourth-order valence-electron chi connectivity index (χ4n) is 3.11. The van der Waals surface area contributed by atoms with E-state index in [0.717, 1.165) is 34.9 Å². The first kappa shape index (κ1) is 20.2. The van der Waals surface area contributed by atoms with Crippen molar-refractivity contribution in [3.8, 4) is 11.5 Å². The fraction of sp³-hybridized carbons (Fsp3) is 0.318. The minimum Gasteiger partial charge on any atom is -0.493 e. The second-order valence-corrected chi connectivity index (χ2v) is 7.28. The van der Waals surface area contributed by atoms with E-state index >= 15 is 0 Å². The zero-order valence-electron chi connectivity index (χ0n) is 16.7. The van der Waals surface area contributed by atoms with Crippen LogP contribution < -0.4 is 14.8 Å². The second kappa shape index (κ2) is 9.13. The first-order valence-electron chi connectivity index (χ1n) is 9.24. The van der Waals surface area contributed by atoms with Gasteiger partial charge in [-0.05, 0) is 49.2 Å². The van der Waals surface area contributed by atoms with Gasteiger partial charge in [0.05, 0.1) is 12.8 Å². The first-order chi connectivity index (χ1) is 13.5. The maximum atomic E-state index is 5.92. The molecule has 1 unspecified atom stereocenters. The maximum Gasteiger partial charge on any atom is 0.161 e. The summed E-state index contributed by atoms with van der Waals surface area (Å²) >= 11 is 5.92. The quantitative estimate of drug-likeness (QED) is 0.590. The van der Waals surface area contributed by atoms with Gasteiger partial charge < -0.3 is 14.8 Å². The van der Waals surface area contributed by atoms with Crippen molar-refractivity contribution < 1.29 is 9.47 Å². The smallest absolute Gasteiger partial charge is 0.161 e. The topological polar surface area (TPSA) is 48.3 Å². The Morgan fingerprint density at radius 1 is 1.11 bits per heavy atom. The molecule has 148 valence electrons. The molecular weight excluding hydrogens is 374 g/mol. The minimum atomic E-state index is 0.209. The molecule has 3 aromatic rings. The van der Waals surface area contributed by atoms with Crippen molar-refractivity contribution in [2.24, 2.45) is 7.05 Å². The normalized spacial score (nSPS) is 12.0. The third-order valence-electron chi connectivity index (χ3n) is 4.67. The molecule has 0 fully saturated rings. The van der Waals surface area contributed by atoms with E-state index in [1.165, 1.54) is 5.56 Å². The number of rotatable bonds is 8. The lowest BCUT2D eigenvalue weighted by Crippen LogP contribution is -2.18. The Hall–Kier alpha value is -2.50. The van der Waals surface area contributed by atoms with E-state index in [9.17, 15) is 0 Å². The van der Waals surface area contributed by atoms with E-state index < -0.39 is 0 Å². The molecule has 0 saturated heterocycles. The summed E-state index contributed by atoms with van der Waals surface area (Å²) in [6.07, 6.45) is 2.06. The number of benzene rings is 2. The number of nitrogens with zero attached hydrogens (tertiary/aromatic N) is 2. The lowest BCUT2D eigenvalue weighted by molar-refractivity contribution is 0.284. The Morgan fingerprint density at radius 2 is 1.82 bits per heavy atom. The summed E-state index contributed by atoms with van der Waals surface area (Å²) in [4.78, 5) is 0. The van der Waals surface area contributed by atoms with Crippen LogP contribution >= 0.6 is 11.6 Å². The van der Waals surface area contributed by atoms with Gasteiger partial charge in [-0.2, -0.15) is 5.10 Å². The van der Waals surface area contributed by atoms with Gasteiger partial charge >= 0.3 is 0 Å². The van der Waals surface area contributed by atoms with Gasteiger partial charge in [-0.1, -0.05) is 29.8 Å². The SMILES string of the molecule is COc1cc(CNC(C)c2cn(C)nc2C)ccc1OCc1ccc(Cl)cc1. The highest BCUT2D eigenvalue weighted by Crippen LogP contribution is 2.29. The molecule has 0 aliphatic heterocycles. The van der Waals surface area contributed by atoms with Crippen LogP contribution in [0.1, 0.15) is 35.3 Å². The van der Waals surface area contributed by atoms with Crippen LogP contribution in [0.2, 0.25) is 5.02 Å². The second-order valence-electron chi connectivity index (χ2n) is 6.85. The van der Waals surface area contributed by atoms with Crippen molar-refractivity contribution >= 4 is 11.6 Å². The van der Waals surface area contributed by atoms with E-state index in [1.54, 1.807) is 7.11 Å². The Balaban J connectivity index is 1.62. The molecule has 0 amide bonds. The number of ether oxygens (including phenoxy) is 2. The molecule has 0 saturated carbocycles. The van der Waals surface area contributed by atoms with Crippen LogP contribution in [0, 0.1) is 6.92 Å². The highest BCUT2D eigenvalue weighted by atomic mass is 35.5. The molecule has 1 atom stereocenters. The van der Waals surface area contributed by atoms with Crippen molar-refractivity contribution in [1.29, 1.82) is 0 Å². The third kappa shape index (κ3) is 5.06. The molecule has 0 aliphatic rings. The summed E-state index contributed by atoms with van der Waals surface area (Å²) in [5.41, 5.74) is 4.44. The lowest BCUT2D eigenvalue weighted by atomic mass is 10.1. The minimum absolute atomic E-state index is 0.209. The van der Waals surface area contributed by atoms with Crippen LogP contribution in [0.5, 0.6) is 11.5 Å². The standard InChI is InChI=1S/C22H26ClN3O2/c1-15(20-13-26(3)25-16(20)2)24-12-18-7-10-21(22(11-18)27-4)28-14-17-5-8-19(23)9-6-17/h5-11,13,15,24H,12,14H2,1-4H3. The van der Waals surface area contributed by atoms with E-state index in [0.29, 0.717) is 11.6 Å². The summed E-state index contributed by atoms with van der Waals surface area (Å²) in [7, 11) is 3.60. The molecule has 1 heterocycles. The summed E-state index contributed by atoms with van der Waals surface area (Å²) in [5.74, 6) is 1.44. The molecule has 1 aromatic heterocycles. The predicted molar refractivity (Wildman–Crippen MR) is 112 cm³/mol. The number of nitrogens with one attached hydrogen (secondary N) is 1. The molecule has 6 heteroatoms. The van der Waals surface area contributed by atoms with E-state index in [-0.39, 0.29) is 6.04 Å². The highest BCUT2D eigenvalue weighted by molar-refractivity contribution is 6.30. The van der Waals surface area contributed by atoms with Crippen molar-refractivity contribution in [1.82, 2.24) is 15.1 Å². The zero-order chi connectivity index (χ0) is 20.1. The van der Waals surface area contributed by atoms with E-state index in [2.05, 4.69) is 29.6 Å². The van der Waals surface area contributed by atoms with Gasteiger partial charge in [0.1, 0.15) is 6.61 Å².